The molecule has 0 aliphatic heterocycles. The zero-order valence-electron chi connectivity index (χ0n) is 17.1. The minimum Gasteiger partial charge on any atom is -0.462 e. The van der Waals surface area contributed by atoms with Crippen LogP contribution in [0.1, 0.15) is 79.1 Å². The number of ether oxygens (including phenoxy) is 1. The third kappa shape index (κ3) is 2.67. The molecular formula is C23H33ClO3. The molecule has 4 heteroatoms. The molecule has 3 fully saturated rings. The molecule has 0 bridgehead atoms. The summed E-state index contributed by atoms with van der Waals surface area (Å²) in [4.78, 5) is 23.1. The van der Waals surface area contributed by atoms with Crippen molar-refractivity contribution in [2.45, 2.75) is 90.0 Å². The van der Waals surface area contributed by atoms with E-state index >= 15 is 0 Å². The van der Waals surface area contributed by atoms with E-state index in [2.05, 4.69) is 19.9 Å². The molecule has 4 aliphatic rings. The van der Waals surface area contributed by atoms with Crippen molar-refractivity contribution in [3.8, 4) is 0 Å². The first-order valence-corrected chi connectivity index (χ1v) is 11.1. The van der Waals surface area contributed by atoms with E-state index in [0.29, 0.717) is 17.8 Å². The number of fused-ring (bicyclic) bond motifs is 5. The number of ketones is 1. The highest BCUT2D eigenvalue weighted by atomic mass is 35.5. The number of rotatable bonds is 2. The summed E-state index contributed by atoms with van der Waals surface area (Å²) in [5, 5.41) is 0. The first-order chi connectivity index (χ1) is 12.6. The quantitative estimate of drug-likeness (QED) is 0.356. The number of allylic oxidation sites excluding steroid dienone is 1. The topological polar surface area (TPSA) is 43.4 Å². The molecule has 150 valence electrons. The predicted octanol–water partition coefficient (Wildman–Crippen LogP) is 5.45. The maximum atomic E-state index is 12.4. The number of carbonyl (C=O) groups is 2. The van der Waals surface area contributed by atoms with Crippen molar-refractivity contribution < 1.29 is 14.3 Å². The molecule has 0 saturated heterocycles. The third-order valence-corrected chi connectivity index (χ3v) is 9.93. The van der Waals surface area contributed by atoms with Crippen LogP contribution in [0.5, 0.6) is 0 Å². The van der Waals surface area contributed by atoms with E-state index in [9.17, 15) is 9.59 Å². The van der Waals surface area contributed by atoms with Gasteiger partial charge in [-0.05, 0) is 80.5 Å². The first kappa shape index (κ1) is 19.5. The molecule has 0 aromatic carbocycles. The lowest BCUT2D eigenvalue weighted by Gasteiger charge is -2.58. The second kappa shape index (κ2) is 6.34. The Morgan fingerprint density at radius 3 is 2.44 bits per heavy atom. The van der Waals surface area contributed by atoms with E-state index in [1.807, 2.05) is 0 Å². The highest BCUT2D eigenvalue weighted by molar-refractivity contribution is 6.35. The van der Waals surface area contributed by atoms with Gasteiger partial charge in [0.1, 0.15) is 11.0 Å². The number of Topliss-reactive ketones (excluding diaryl/α,β-unsaturated/α-hetero) is 1. The average molecular weight is 393 g/mol. The van der Waals surface area contributed by atoms with Crippen LogP contribution in [-0.2, 0) is 14.3 Å². The lowest BCUT2D eigenvalue weighted by molar-refractivity contribution is -0.148. The fraction of sp³-hybridized carbons (Fsp3) is 0.826. The van der Waals surface area contributed by atoms with Gasteiger partial charge in [-0.15, -0.1) is 11.6 Å². The average Bonchev–Trinajstić information content (AvgIpc) is 2.87. The van der Waals surface area contributed by atoms with E-state index in [-0.39, 0.29) is 28.7 Å². The van der Waals surface area contributed by atoms with Gasteiger partial charge >= 0.3 is 5.97 Å². The van der Waals surface area contributed by atoms with Crippen LogP contribution in [0.2, 0.25) is 0 Å². The number of carbonyl (C=O) groups excluding carboxylic acids is 2. The highest BCUT2D eigenvalue weighted by Crippen LogP contribution is 2.68. The summed E-state index contributed by atoms with van der Waals surface area (Å²) < 4.78 is 5.53. The molecule has 4 aliphatic carbocycles. The normalized spacial score (nSPS) is 48.7. The Labute approximate surface area is 168 Å². The Kier molecular flexibility index (Phi) is 4.57. The van der Waals surface area contributed by atoms with E-state index in [4.69, 9.17) is 16.3 Å². The fourth-order valence-electron chi connectivity index (χ4n) is 7.53. The van der Waals surface area contributed by atoms with Gasteiger partial charge in [0.15, 0.2) is 5.78 Å². The summed E-state index contributed by atoms with van der Waals surface area (Å²) in [7, 11) is 0. The molecule has 0 aromatic rings. The number of alkyl halides is 1. The Morgan fingerprint density at radius 2 is 1.78 bits per heavy atom. The lowest BCUT2D eigenvalue weighted by Crippen LogP contribution is -2.54. The Bertz CT molecular complexity index is 700. The van der Waals surface area contributed by atoms with Gasteiger partial charge < -0.3 is 4.74 Å². The van der Waals surface area contributed by atoms with Crippen LogP contribution in [0.4, 0.5) is 0 Å². The molecule has 0 heterocycles. The zero-order valence-corrected chi connectivity index (χ0v) is 17.9. The molecule has 0 aromatic heterocycles. The van der Waals surface area contributed by atoms with E-state index in [1.165, 1.54) is 12.5 Å². The standard InChI is InChI=1S/C23H33ClO3/c1-14(25)23(24)12-9-20-18-6-5-16-13-17(27-15(2)26)7-10-21(16,3)19(18)8-11-22(20,23)4/h5,17-20H,6-13H2,1-4H3/t17-,18+,19-,20-,21-,22-,23-/m0/s1. The van der Waals surface area contributed by atoms with Crippen molar-refractivity contribution in [3.63, 3.8) is 0 Å². The molecule has 0 spiro atoms. The van der Waals surface area contributed by atoms with Gasteiger partial charge in [0, 0.05) is 13.3 Å². The smallest absolute Gasteiger partial charge is 0.302 e. The van der Waals surface area contributed by atoms with Gasteiger partial charge in [0.2, 0.25) is 0 Å². The molecule has 27 heavy (non-hydrogen) atoms. The van der Waals surface area contributed by atoms with Crippen LogP contribution in [0.3, 0.4) is 0 Å². The minimum atomic E-state index is -0.666. The van der Waals surface area contributed by atoms with Crippen LogP contribution in [0.15, 0.2) is 11.6 Å². The van der Waals surface area contributed by atoms with Gasteiger partial charge in [0.05, 0.1) is 0 Å². The maximum Gasteiger partial charge on any atom is 0.302 e. The Morgan fingerprint density at radius 1 is 1.07 bits per heavy atom. The number of hydrogen-bond donors (Lipinski definition) is 0. The van der Waals surface area contributed by atoms with Crippen molar-refractivity contribution in [3.05, 3.63) is 11.6 Å². The molecule has 0 N–H and O–H groups in total. The zero-order chi connectivity index (χ0) is 19.6. The van der Waals surface area contributed by atoms with Crippen LogP contribution in [0.25, 0.3) is 0 Å². The summed E-state index contributed by atoms with van der Waals surface area (Å²) in [5.74, 6) is 1.83. The lowest BCUT2D eigenvalue weighted by atomic mass is 9.47. The van der Waals surface area contributed by atoms with Crippen LogP contribution >= 0.6 is 11.6 Å². The monoisotopic (exact) mass is 392 g/mol. The molecule has 3 saturated carbocycles. The Hall–Kier alpha value is -0.830. The molecule has 0 radical (unpaired) electrons. The van der Waals surface area contributed by atoms with Crippen LogP contribution < -0.4 is 0 Å². The third-order valence-electron chi connectivity index (χ3n) is 9.04. The van der Waals surface area contributed by atoms with Gasteiger partial charge in [-0.3, -0.25) is 9.59 Å². The second-order valence-electron chi connectivity index (χ2n) is 10.1. The van der Waals surface area contributed by atoms with Crippen molar-refractivity contribution in [1.82, 2.24) is 0 Å². The van der Waals surface area contributed by atoms with Crippen molar-refractivity contribution >= 4 is 23.4 Å². The molecule has 0 amide bonds. The van der Waals surface area contributed by atoms with Gasteiger partial charge in [-0.25, -0.2) is 0 Å². The van der Waals surface area contributed by atoms with Crippen molar-refractivity contribution in [2.24, 2.45) is 28.6 Å². The van der Waals surface area contributed by atoms with E-state index in [0.717, 1.165) is 51.4 Å². The number of hydrogen-bond acceptors (Lipinski definition) is 3. The van der Waals surface area contributed by atoms with Crippen molar-refractivity contribution in [2.75, 3.05) is 0 Å². The summed E-state index contributed by atoms with van der Waals surface area (Å²) >= 11 is 6.98. The number of esters is 1. The fourth-order valence-corrected chi connectivity index (χ4v) is 7.87. The molecule has 7 atom stereocenters. The summed E-state index contributed by atoms with van der Waals surface area (Å²) in [6.07, 6.45) is 10.7. The molecular weight excluding hydrogens is 360 g/mol. The van der Waals surface area contributed by atoms with Gasteiger partial charge in [0.25, 0.3) is 0 Å². The van der Waals surface area contributed by atoms with E-state index < -0.39 is 4.87 Å². The number of halogens is 1. The van der Waals surface area contributed by atoms with Crippen molar-refractivity contribution in [1.29, 1.82) is 0 Å². The predicted molar refractivity (Wildman–Crippen MR) is 107 cm³/mol. The summed E-state index contributed by atoms with van der Waals surface area (Å²) in [6, 6.07) is 0. The summed E-state index contributed by atoms with van der Waals surface area (Å²) in [5.41, 5.74) is 1.65. The first-order valence-electron chi connectivity index (χ1n) is 10.7. The van der Waals surface area contributed by atoms with E-state index in [1.54, 1.807) is 6.92 Å². The summed E-state index contributed by atoms with van der Waals surface area (Å²) in [6.45, 7) is 7.92. The van der Waals surface area contributed by atoms with Crippen LogP contribution in [0, 0.1) is 28.6 Å². The van der Waals surface area contributed by atoms with Crippen LogP contribution in [-0.4, -0.2) is 22.7 Å². The molecule has 4 rings (SSSR count). The largest absolute Gasteiger partial charge is 0.462 e. The maximum absolute atomic E-state index is 12.4. The minimum absolute atomic E-state index is 0.0481. The Balaban J connectivity index is 1.61. The second-order valence-corrected chi connectivity index (χ2v) is 10.7. The van der Waals surface area contributed by atoms with Gasteiger partial charge in [-0.1, -0.05) is 25.5 Å². The van der Waals surface area contributed by atoms with Gasteiger partial charge in [-0.2, -0.15) is 0 Å². The SMILES string of the molecule is CC(=O)O[C@H]1CC[C@@]2(C)C(=CC[C@@H]3[C@@H]2CC[C@@]2(C)[C@H]3CC[C@]2(Cl)C(C)=O)C1. The molecule has 3 nitrogen and oxygen atoms in total. The molecule has 0 unspecified atom stereocenters. The highest BCUT2D eigenvalue weighted by Gasteiger charge is 2.65.